The average Bonchev–Trinajstić information content (AvgIpc) is 3.09. The molecule has 2 fully saturated rings. The van der Waals surface area contributed by atoms with E-state index in [1.165, 1.54) is 0 Å². The first-order valence-corrected chi connectivity index (χ1v) is 8.93. The second-order valence-corrected chi connectivity index (χ2v) is 7.41. The highest BCUT2D eigenvalue weighted by molar-refractivity contribution is 6.40. The van der Waals surface area contributed by atoms with Crippen molar-refractivity contribution in [3.8, 4) is 0 Å². The molecular weight excluding hydrogens is 318 g/mol. The van der Waals surface area contributed by atoms with Crippen molar-refractivity contribution in [2.45, 2.75) is 45.3 Å². The number of benzene rings is 1. The van der Waals surface area contributed by atoms with Gasteiger partial charge in [0.25, 0.3) is 11.8 Å². The summed E-state index contributed by atoms with van der Waals surface area (Å²) >= 11 is 0. The first-order valence-electron chi connectivity index (χ1n) is 8.93. The van der Waals surface area contributed by atoms with Crippen LogP contribution in [-0.4, -0.2) is 47.7 Å². The Labute approximate surface area is 147 Å². The van der Waals surface area contributed by atoms with Gasteiger partial charge in [-0.3, -0.25) is 9.59 Å². The minimum absolute atomic E-state index is 0.0106. The zero-order valence-electron chi connectivity index (χ0n) is 14.6. The normalized spacial score (nSPS) is 25.0. The molecule has 6 heteroatoms. The highest BCUT2D eigenvalue weighted by Gasteiger charge is 2.46. The summed E-state index contributed by atoms with van der Waals surface area (Å²) in [4.78, 5) is 32.4. The average molecular weight is 341 g/mol. The molecule has 0 unspecified atom stereocenters. The number of carbonyl (C=O) groups excluding carboxylic acids is 2. The number of fused-ring (bicyclic) bond motifs is 1. The third kappa shape index (κ3) is 3.01. The molecule has 1 saturated carbocycles. The number of nitrogens with zero attached hydrogens (tertiary/aromatic N) is 2. The van der Waals surface area contributed by atoms with E-state index in [9.17, 15) is 9.59 Å². The molecular formula is C19H23N3O3. The van der Waals surface area contributed by atoms with Gasteiger partial charge in [-0.2, -0.15) is 0 Å². The summed E-state index contributed by atoms with van der Waals surface area (Å²) in [5, 5.41) is 7.00. The maximum Gasteiger partial charge on any atom is 0.269 e. The third-order valence-electron chi connectivity index (χ3n) is 5.33. The van der Waals surface area contributed by atoms with Crippen LogP contribution in [0.1, 0.15) is 40.7 Å². The Balaban J connectivity index is 1.44. The summed E-state index contributed by atoms with van der Waals surface area (Å²) in [6.45, 7) is 4.93. The summed E-state index contributed by atoms with van der Waals surface area (Å²) < 4.78 is 0. The lowest BCUT2D eigenvalue weighted by atomic mass is 9.92. The topological polar surface area (TPSA) is 71.0 Å². The molecule has 2 atom stereocenters. The zero-order chi connectivity index (χ0) is 17.6. The van der Waals surface area contributed by atoms with Gasteiger partial charge in [0.15, 0.2) is 11.8 Å². The standard InChI is InChI=1S/C19H23N3O3/c1-11-6-12(2)8-13(7-11)19(24)22-9-15-16(10-22)25-21-17(15)18(23)20-14-4-3-5-14/h6-8,14-16H,3-5,9-10H2,1-2H3,(H,20,23)/t15-,16+/m0/s1. The van der Waals surface area contributed by atoms with Crippen molar-refractivity contribution in [3.05, 3.63) is 34.9 Å². The van der Waals surface area contributed by atoms with Crippen molar-refractivity contribution in [2.75, 3.05) is 13.1 Å². The number of hydrogen-bond acceptors (Lipinski definition) is 4. The Morgan fingerprint density at radius 3 is 2.52 bits per heavy atom. The maximum absolute atomic E-state index is 12.8. The minimum atomic E-state index is -0.211. The van der Waals surface area contributed by atoms with E-state index in [0.29, 0.717) is 24.4 Å². The van der Waals surface area contributed by atoms with Crippen LogP contribution < -0.4 is 5.32 Å². The van der Waals surface area contributed by atoms with Gasteiger partial charge in [-0.15, -0.1) is 0 Å². The van der Waals surface area contributed by atoms with Crippen LogP contribution in [0.15, 0.2) is 23.4 Å². The van der Waals surface area contributed by atoms with Crippen molar-refractivity contribution in [1.82, 2.24) is 10.2 Å². The second kappa shape index (κ2) is 6.17. The third-order valence-corrected chi connectivity index (χ3v) is 5.33. The van der Waals surface area contributed by atoms with Gasteiger partial charge >= 0.3 is 0 Å². The van der Waals surface area contributed by atoms with Crippen LogP contribution in [0.25, 0.3) is 0 Å². The van der Waals surface area contributed by atoms with Crippen molar-refractivity contribution in [1.29, 1.82) is 0 Å². The number of likely N-dealkylation sites (tertiary alicyclic amines) is 1. The van der Waals surface area contributed by atoms with Crippen molar-refractivity contribution < 1.29 is 14.4 Å². The lowest BCUT2D eigenvalue weighted by Gasteiger charge is -2.26. The highest BCUT2D eigenvalue weighted by atomic mass is 16.6. The molecule has 1 saturated heterocycles. The van der Waals surface area contributed by atoms with Crippen LogP contribution in [0, 0.1) is 19.8 Å². The number of hydrogen-bond donors (Lipinski definition) is 1. The molecule has 2 amide bonds. The molecule has 1 aliphatic carbocycles. The van der Waals surface area contributed by atoms with E-state index in [1.54, 1.807) is 4.90 Å². The predicted octanol–water partition coefficient (Wildman–Crippen LogP) is 1.80. The zero-order valence-corrected chi connectivity index (χ0v) is 14.6. The van der Waals surface area contributed by atoms with Gasteiger partial charge in [0.05, 0.1) is 12.5 Å². The van der Waals surface area contributed by atoms with E-state index in [1.807, 2.05) is 32.0 Å². The molecule has 132 valence electrons. The Hall–Kier alpha value is -2.37. The van der Waals surface area contributed by atoms with E-state index in [4.69, 9.17) is 4.84 Å². The van der Waals surface area contributed by atoms with E-state index in [0.717, 1.165) is 30.4 Å². The summed E-state index contributed by atoms with van der Waals surface area (Å²) in [5.74, 6) is -0.281. The largest absolute Gasteiger partial charge is 0.389 e. The van der Waals surface area contributed by atoms with E-state index in [-0.39, 0.29) is 29.9 Å². The lowest BCUT2D eigenvalue weighted by molar-refractivity contribution is -0.116. The van der Waals surface area contributed by atoms with Crippen LogP contribution in [0.4, 0.5) is 0 Å². The van der Waals surface area contributed by atoms with Crippen LogP contribution in [-0.2, 0) is 9.63 Å². The summed E-state index contributed by atoms with van der Waals surface area (Å²) in [7, 11) is 0. The van der Waals surface area contributed by atoms with Crippen LogP contribution in [0.3, 0.4) is 0 Å². The Morgan fingerprint density at radius 1 is 1.16 bits per heavy atom. The SMILES string of the molecule is Cc1cc(C)cc(C(=O)N2C[C@@H]3C(C(=O)NC4CCC4)=NO[C@@H]3C2)c1. The van der Waals surface area contributed by atoms with E-state index in [2.05, 4.69) is 10.5 Å². The second-order valence-electron chi connectivity index (χ2n) is 7.41. The molecule has 0 spiro atoms. The van der Waals surface area contributed by atoms with Crippen LogP contribution in [0.5, 0.6) is 0 Å². The molecule has 4 rings (SSSR count). The van der Waals surface area contributed by atoms with E-state index >= 15 is 0 Å². The van der Waals surface area contributed by atoms with Crippen molar-refractivity contribution >= 4 is 17.5 Å². The van der Waals surface area contributed by atoms with Gasteiger partial charge < -0.3 is 15.1 Å². The first-order chi connectivity index (χ1) is 12.0. The quantitative estimate of drug-likeness (QED) is 0.911. The molecule has 2 aliphatic heterocycles. The van der Waals surface area contributed by atoms with Gasteiger partial charge in [-0.1, -0.05) is 22.3 Å². The fourth-order valence-corrected chi connectivity index (χ4v) is 3.80. The maximum atomic E-state index is 12.8. The first kappa shape index (κ1) is 16.1. The molecule has 1 N–H and O–H groups in total. The molecule has 0 aromatic heterocycles. The van der Waals surface area contributed by atoms with Crippen molar-refractivity contribution in [3.63, 3.8) is 0 Å². The Morgan fingerprint density at radius 2 is 1.88 bits per heavy atom. The molecule has 6 nitrogen and oxygen atoms in total. The Kier molecular flexibility index (Phi) is 3.98. The smallest absolute Gasteiger partial charge is 0.269 e. The molecule has 1 aromatic carbocycles. The lowest BCUT2D eigenvalue weighted by Crippen LogP contribution is -2.45. The fourth-order valence-electron chi connectivity index (χ4n) is 3.80. The molecule has 25 heavy (non-hydrogen) atoms. The van der Waals surface area contributed by atoms with Gasteiger partial charge in [0.2, 0.25) is 0 Å². The fraction of sp³-hybridized carbons (Fsp3) is 0.526. The summed E-state index contributed by atoms with van der Waals surface area (Å²) in [6.07, 6.45) is 3.02. The molecule has 0 bridgehead atoms. The van der Waals surface area contributed by atoms with Crippen LogP contribution >= 0.6 is 0 Å². The minimum Gasteiger partial charge on any atom is -0.389 e. The van der Waals surface area contributed by atoms with Gasteiger partial charge in [0, 0.05) is 18.2 Å². The number of rotatable bonds is 3. The number of aryl methyl sites for hydroxylation is 2. The number of nitrogens with one attached hydrogen (secondary N) is 1. The van der Waals surface area contributed by atoms with Gasteiger partial charge in [-0.05, 0) is 45.2 Å². The number of carbonyl (C=O) groups is 2. The van der Waals surface area contributed by atoms with E-state index < -0.39 is 0 Å². The number of oxime groups is 1. The van der Waals surface area contributed by atoms with Gasteiger partial charge in [-0.25, -0.2) is 0 Å². The Bertz CT molecular complexity index is 734. The summed E-state index contributed by atoms with van der Waals surface area (Å²) in [6, 6.07) is 6.13. The highest BCUT2D eigenvalue weighted by Crippen LogP contribution is 2.29. The van der Waals surface area contributed by atoms with Gasteiger partial charge in [0.1, 0.15) is 0 Å². The number of amides is 2. The summed E-state index contributed by atoms with van der Waals surface area (Å²) in [5.41, 5.74) is 3.27. The predicted molar refractivity (Wildman–Crippen MR) is 93.4 cm³/mol. The molecule has 3 aliphatic rings. The van der Waals surface area contributed by atoms with Crippen LogP contribution in [0.2, 0.25) is 0 Å². The molecule has 1 aromatic rings. The monoisotopic (exact) mass is 341 g/mol. The van der Waals surface area contributed by atoms with Crippen molar-refractivity contribution in [2.24, 2.45) is 11.1 Å². The molecule has 2 heterocycles. The molecule has 0 radical (unpaired) electrons.